The summed E-state index contributed by atoms with van der Waals surface area (Å²) in [6.45, 7) is 0.990. The number of rotatable bonds is 6. The maximum atomic E-state index is 5.23. The molecule has 0 radical (unpaired) electrons. The standard InChI is InChI=1S/C13H22N2O/c1-14-10-12(15(2)3)8-11-6-5-7-13(9-11)16-4/h5-7,9,12,14H,8,10H2,1-4H3/t12-/m1/s1. The Morgan fingerprint density at radius 3 is 2.69 bits per heavy atom. The smallest absolute Gasteiger partial charge is 0.119 e. The van der Waals surface area contributed by atoms with E-state index in [1.54, 1.807) is 7.11 Å². The van der Waals surface area contributed by atoms with E-state index in [-0.39, 0.29) is 0 Å². The van der Waals surface area contributed by atoms with Crippen LogP contribution in [0, 0.1) is 0 Å². The van der Waals surface area contributed by atoms with Crippen LogP contribution >= 0.6 is 0 Å². The van der Waals surface area contributed by atoms with E-state index in [9.17, 15) is 0 Å². The van der Waals surface area contributed by atoms with E-state index in [1.807, 2.05) is 19.2 Å². The SMILES string of the molecule is CNC[C@@H](Cc1cccc(OC)c1)N(C)C. The van der Waals surface area contributed by atoms with Crippen LogP contribution in [0.15, 0.2) is 24.3 Å². The van der Waals surface area contributed by atoms with E-state index >= 15 is 0 Å². The Balaban J connectivity index is 2.68. The third kappa shape index (κ3) is 3.83. The molecule has 0 fully saturated rings. The third-order valence-corrected chi connectivity index (χ3v) is 2.78. The van der Waals surface area contributed by atoms with E-state index in [2.05, 4.69) is 36.4 Å². The summed E-state index contributed by atoms with van der Waals surface area (Å²) in [5.74, 6) is 0.930. The van der Waals surface area contributed by atoms with E-state index in [0.717, 1.165) is 18.7 Å². The van der Waals surface area contributed by atoms with Gasteiger partial charge in [-0.3, -0.25) is 0 Å². The van der Waals surface area contributed by atoms with Gasteiger partial charge in [-0.25, -0.2) is 0 Å². The Kier molecular flexibility index (Phi) is 5.29. The molecule has 3 heteroatoms. The van der Waals surface area contributed by atoms with Crippen molar-refractivity contribution in [3.05, 3.63) is 29.8 Å². The van der Waals surface area contributed by atoms with Crippen molar-refractivity contribution >= 4 is 0 Å². The van der Waals surface area contributed by atoms with E-state index in [4.69, 9.17) is 4.74 Å². The molecule has 0 saturated carbocycles. The topological polar surface area (TPSA) is 24.5 Å². The lowest BCUT2D eigenvalue weighted by atomic mass is 10.0. The minimum absolute atomic E-state index is 0.511. The van der Waals surface area contributed by atoms with Gasteiger partial charge in [0.2, 0.25) is 0 Å². The maximum Gasteiger partial charge on any atom is 0.119 e. The van der Waals surface area contributed by atoms with E-state index < -0.39 is 0 Å². The molecule has 0 saturated heterocycles. The summed E-state index contributed by atoms with van der Waals surface area (Å²) in [5, 5.41) is 3.23. The van der Waals surface area contributed by atoms with Gasteiger partial charge in [0.15, 0.2) is 0 Å². The zero-order valence-corrected chi connectivity index (χ0v) is 10.7. The predicted octanol–water partition coefficient (Wildman–Crippen LogP) is 1.39. The number of nitrogens with one attached hydrogen (secondary N) is 1. The van der Waals surface area contributed by atoms with Gasteiger partial charge in [-0.1, -0.05) is 12.1 Å². The van der Waals surface area contributed by atoms with E-state index in [1.165, 1.54) is 5.56 Å². The first-order valence-corrected chi connectivity index (χ1v) is 5.61. The zero-order valence-electron chi connectivity index (χ0n) is 10.7. The van der Waals surface area contributed by atoms with E-state index in [0.29, 0.717) is 6.04 Å². The Morgan fingerprint density at radius 2 is 2.12 bits per heavy atom. The summed E-state index contributed by atoms with van der Waals surface area (Å²) in [5.41, 5.74) is 1.31. The van der Waals surface area contributed by atoms with Crippen LogP contribution in [-0.2, 0) is 6.42 Å². The average Bonchev–Trinajstić information content (AvgIpc) is 2.28. The number of nitrogens with zero attached hydrogens (tertiary/aromatic N) is 1. The van der Waals surface area contributed by atoms with Crippen LogP contribution in [0.2, 0.25) is 0 Å². The van der Waals surface area contributed by atoms with Crippen LogP contribution in [0.1, 0.15) is 5.56 Å². The first kappa shape index (κ1) is 13.0. The molecule has 0 aromatic heterocycles. The molecule has 0 aliphatic rings. The van der Waals surface area contributed by atoms with Gasteiger partial charge in [-0.2, -0.15) is 0 Å². The molecule has 3 nitrogen and oxygen atoms in total. The second-order valence-electron chi connectivity index (χ2n) is 4.23. The lowest BCUT2D eigenvalue weighted by molar-refractivity contribution is 0.286. The lowest BCUT2D eigenvalue weighted by Crippen LogP contribution is -2.38. The van der Waals surface area contributed by atoms with Crippen molar-refractivity contribution in [3.63, 3.8) is 0 Å². The fraction of sp³-hybridized carbons (Fsp3) is 0.538. The summed E-state index contributed by atoms with van der Waals surface area (Å²) in [4.78, 5) is 2.25. The second kappa shape index (κ2) is 6.51. The summed E-state index contributed by atoms with van der Waals surface area (Å²) in [6, 6.07) is 8.78. The molecule has 0 aliphatic heterocycles. The molecule has 1 N–H and O–H groups in total. The van der Waals surface area contributed by atoms with Gasteiger partial charge in [0.1, 0.15) is 5.75 Å². The Bertz CT molecular complexity index is 313. The van der Waals surface area contributed by atoms with Crippen molar-refractivity contribution in [3.8, 4) is 5.75 Å². The monoisotopic (exact) mass is 222 g/mol. The van der Waals surface area contributed by atoms with Gasteiger partial charge in [0.05, 0.1) is 7.11 Å². The van der Waals surface area contributed by atoms with Gasteiger partial charge in [-0.05, 0) is 45.3 Å². The molecule has 1 atom stereocenters. The molecule has 0 heterocycles. The largest absolute Gasteiger partial charge is 0.497 e. The molecule has 90 valence electrons. The number of benzene rings is 1. The predicted molar refractivity (Wildman–Crippen MR) is 68.1 cm³/mol. The molecule has 1 rings (SSSR count). The molecule has 0 aliphatic carbocycles. The quantitative estimate of drug-likeness (QED) is 0.787. The lowest BCUT2D eigenvalue weighted by Gasteiger charge is -2.24. The van der Waals surface area contributed by atoms with Gasteiger partial charge >= 0.3 is 0 Å². The molecule has 0 spiro atoms. The third-order valence-electron chi connectivity index (χ3n) is 2.78. The highest BCUT2D eigenvalue weighted by Crippen LogP contribution is 2.14. The average molecular weight is 222 g/mol. The van der Waals surface area contributed by atoms with Gasteiger partial charge in [-0.15, -0.1) is 0 Å². The number of ether oxygens (including phenoxy) is 1. The fourth-order valence-corrected chi connectivity index (χ4v) is 1.74. The minimum atomic E-state index is 0.511. The Morgan fingerprint density at radius 1 is 1.38 bits per heavy atom. The van der Waals surface area contributed by atoms with Crippen molar-refractivity contribution in [2.24, 2.45) is 0 Å². The van der Waals surface area contributed by atoms with Crippen LogP contribution < -0.4 is 10.1 Å². The van der Waals surface area contributed by atoms with Gasteiger partial charge in [0.25, 0.3) is 0 Å². The van der Waals surface area contributed by atoms with Crippen LogP contribution in [-0.4, -0.2) is 45.7 Å². The minimum Gasteiger partial charge on any atom is -0.497 e. The molecule has 1 aromatic rings. The molecular weight excluding hydrogens is 200 g/mol. The van der Waals surface area contributed by atoms with Gasteiger partial charge < -0.3 is 15.0 Å². The molecule has 0 bridgehead atoms. The Labute approximate surface area is 98.4 Å². The van der Waals surface area contributed by atoms with Crippen molar-refractivity contribution in [2.75, 3.05) is 34.8 Å². The first-order valence-electron chi connectivity index (χ1n) is 5.61. The van der Waals surface area contributed by atoms with Crippen molar-refractivity contribution in [1.29, 1.82) is 0 Å². The maximum absolute atomic E-state index is 5.23. The number of methoxy groups -OCH3 is 1. The summed E-state index contributed by atoms with van der Waals surface area (Å²) < 4.78 is 5.23. The normalized spacial score (nSPS) is 12.8. The number of likely N-dealkylation sites (N-methyl/N-ethyl adjacent to an activating group) is 2. The molecule has 0 amide bonds. The highest BCUT2D eigenvalue weighted by atomic mass is 16.5. The van der Waals surface area contributed by atoms with Gasteiger partial charge in [0, 0.05) is 12.6 Å². The van der Waals surface area contributed by atoms with Crippen molar-refractivity contribution in [1.82, 2.24) is 10.2 Å². The fourth-order valence-electron chi connectivity index (χ4n) is 1.74. The highest BCUT2D eigenvalue weighted by molar-refractivity contribution is 5.29. The molecular formula is C13H22N2O. The Hall–Kier alpha value is -1.06. The van der Waals surface area contributed by atoms with Crippen molar-refractivity contribution in [2.45, 2.75) is 12.5 Å². The highest BCUT2D eigenvalue weighted by Gasteiger charge is 2.11. The van der Waals surface area contributed by atoms with Crippen LogP contribution in [0.5, 0.6) is 5.75 Å². The second-order valence-corrected chi connectivity index (χ2v) is 4.23. The van der Waals surface area contributed by atoms with Crippen LogP contribution in [0.3, 0.4) is 0 Å². The summed E-state index contributed by atoms with van der Waals surface area (Å²) in [7, 11) is 7.92. The van der Waals surface area contributed by atoms with Crippen LogP contribution in [0.25, 0.3) is 0 Å². The molecule has 0 unspecified atom stereocenters. The number of hydrogen-bond acceptors (Lipinski definition) is 3. The number of hydrogen-bond donors (Lipinski definition) is 1. The summed E-state index contributed by atoms with van der Waals surface area (Å²) >= 11 is 0. The molecule has 1 aromatic carbocycles. The van der Waals surface area contributed by atoms with Crippen molar-refractivity contribution < 1.29 is 4.74 Å². The van der Waals surface area contributed by atoms with Crippen LogP contribution in [0.4, 0.5) is 0 Å². The summed E-state index contributed by atoms with van der Waals surface area (Å²) in [6.07, 6.45) is 1.03. The first-order chi connectivity index (χ1) is 7.67. The zero-order chi connectivity index (χ0) is 12.0. The molecule has 16 heavy (non-hydrogen) atoms.